The molecule has 0 atom stereocenters. The van der Waals surface area contributed by atoms with Gasteiger partial charge in [-0.05, 0) is 48.2 Å². The molecule has 2 aromatic carbocycles. The van der Waals surface area contributed by atoms with Gasteiger partial charge in [-0.1, -0.05) is 19.9 Å². The average Bonchev–Trinajstić information content (AvgIpc) is 3.34. The quantitative estimate of drug-likeness (QED) is 0.414. The van der Waals surface area contributed by atoms with Crippen molar-refractivity contribution in [3.63, 3.8) is 0 Å². The third-order valence-electron chi connectivity index (χ3n) is 5.39. The molecule has 0 saturated heterocycles. The molecule has 8 nitrogen and oxygen atoms in total. The number of aromatic nitrogens is 2. The highest BCUT2D eigenvalue weighted by Gasteiger charge is 2.27. The molecule has 0 aliphatic carbocycles. The van der Waals surface area contributed by atoms with Gasteiger partial charge in [0.2, 0.25) is 0 Å². The van der Waals surface area contributed by atoms with E-state index in [0.717, 1.165) is 35.2 Å². The molecule has 3 aromatic rings. The molecule has 8 heteroatoms. The number of carbonyl (C=O) groups is 1. The van der Waals surface area contributed by atoms with Gasteiger partial charge in [-0.2, -0.15) is 5.10 Å². The molecule has 0 bridgehead atoms. The molecular formula is C23H29N5O3. The van der Waals surface area contributed by atoms with Crippen molar-refractivity contribution in [1.29, 1.82) is 0 Å². The molecule has 0 spiro atoms. The first-order valence-electron chi connectivity index (χ1n) is 10.6. The summed E-state index contributed by atoms with van der Waals surface area (Å²) in [5, 5.41) is 21.8. The molecule has 0 saturated carbocycles. The number of H-pyrrole nitrogens is 1. The van der Waals surface area contributed by atoms with Gasteiger partial charge in [0.15, 0.2) is 5.82 Å². The number of amides is 1. The predicted octanol–water partition coefficient (Wildman–Crippen LogP) is 3.22. The van der Waals surface area contributed by atoms with E-state index in [4.69, 9.17) is 10.5 Å². The van der Waals surface area contributed by atoms with Crippen LogP contribution in [0.15, 0.2) is 30.3 Å². The minimum absolute atomic E-state index is 0.0571. The van der Waals surface area contributed by atoms with E-state index in [-0.39, 0.29) is 17.2 Å². The number of rotatable bonds is 8. The Balaban J connectivity index is 1.53. The number of hydrogen-bond acceptors (Lipinski definition) is 6. The smallest absolute Gasteiger partial charge is 0.258 e. The first-order chi connectivity index (χ1) is 15.0. The Bertz CT molecular complexity index is 1090. The van der Waals surface area contributed by atoms with E-state index in [1.54, 1.807) is 17.0 Å². The molecule has 2 heterocycles. The fourth-order valence-electron chi connectivity index (χ4n) is 3.71. The normalized spacial score (nSPS) is 13.1. The van der Waals surface area contributed by atoms with Crippen molar-refractivity contribution in [2.24, 2.45) is 11.7 Å². The van der Waals surface area contributed by atoms with Crippen LogP contribution in [0.4, 0.5) is 5.82 Å². The number of nitrogens with one attached hydrogen (secondary N) is 2. The summed E-state index contributed by atoms with van der Waals surface area (Å²) in [5.41, 5.74) is 8.61. The van der Waals surface area contributed by atoms with Crippen LogP contribution in [0.1, 0.15) is 41.8 Å². The van der Waals surface area contributed by atoms with Gasteiger partial charge in [0, 0.05) is 31.1 Å². The van der Waals surface area contributed by atoms with Crippen molar-refractivity contribution < 1.29 is 14.6 Å². The van der Waals surface area contributed by atoms with Crippen LogP contribution >= 0.6 is 0 Å². The highest BCUT2D eigenvalue weighted by molar-refractivity contribution is 6.03. The van der Waals surface area contributed by atoms with Crippen LogP contribution in [0.3, 0.4) is 0 Å². The first-order valence-corrected chi connectivity index (χ1v) is 10.6. The molecule has 0 radical (unpaired) electrons. The molecule has 0 fully saturated rings. The molecule has 1 aromatic heterocycles. The molecule has 4 rings (SSSR count). The average molecular weight is 424 g/mol. The number of aromatic hydroxyl groups is 1. The Hall–Kier alpha value is -3.26. The van der Waals surface area contributed by atoms with Gasteiger partial charge < -0.3 is 25.8 Å². The second-order valence-electron chi connectivity index (χ2n) is 8.34. The van der Waals surface area contributed by atoms with Crippen molar-refractivity contribution in [3.8, 4) is 11.5 Å². The number of phenols is 1. The van der Waals surface area contributed by atoms with Crippen LogP contribution in [0.25, 0.3) is 10.9 Å². The Morgan fingerprint density at radius 1 is 1.29 bits per heavy atom. The molecule has 1 aliphatic rings. The van der Waals surface area contributed by atoms with Crippen molar-refractivity contribution in [1.82, 2.24) is 15.1 Å². The number of phenolic OH excluding ortho intramolecular Hbond substituents is 1. The highest BCUT2D eigenvalue weighted by atomic mass is 16.5. The molecular weight excluding hydrogens is 394 g/mol. The minimum atomic E-state index is -0.211. The maximum Gasteiger partial charge on any atom is 0.258 e. The monoisotopic (exact) mass is 423 g/mol. The molecule has 31 heavy (non-hydrogen) atoms. The fraction of sp³-hybridized carbons (Fsp3) is 0.391. The molecule has 164 valence electrons. The van der Waals surface area contributed by atoms with Crippen LogP contribution in [-0.4, -0.2) is 45.8 Å². The van der Waals surface area contributed by atoms with Crippen LogP contribution in [0.5, 0.6) is 11.5 Å². The van der Waals surface area contributed by atoms with Crippen molar-refractivity contribution in [2.75, 3.05) is 25.0 Å². The lowest BCUT2D eigenvalue weighted by atomic mass is 10.1. The Kier molecular flexibility index (Phi) is 5.99. The number of hydrogen-bond donors (Lipinski definition) is 4. The molecule has 1 amide bonds. The summed E-state index contributed by atoms with van der Waals surface area (Å²) >= 11 is 0. The van der Waals surface area contributed by atoms with E-state index in [0.29, 0.717) is 43.5 Å². The van der Waals surface area contributed by atoms with E-state index in [1.807, 2.05) is 18.2 Å². The Morgan fingerprint density at radius 2 is 2.10 bits per heavy atom. The lowest BCUT2D eigenvalue weighted by Gasteiger charge is -2.16. The Morgan fingerprint density at radius 3 is 2.87 bits per heavy atom. The third-order valence-corrected chi connectivity index (χ3v) is 5.39. The summed E-state index contributed by atoms with van der Waals surface area (Å²) in [7, 11) is 0. The number of nitrogens with zero attached hydrogens (tertiary/aromatic N) is 2. The lowest BCUT2D eigenvalue weighted by Crippen LogP contribution is -2.25. The third kappa shape index (κ3) is 4.44. The number of anilines is 1. The zero-order chi connectivity index (χ0) is 22.0. The standard InChI is InChI=1S/C23H29N5O3/c1-14(2)11-25-22-18-9-19(21(29)10-20(18)26-27-22)23(30)28-12-15-4-5-17(8-16(15)13-28)31-7-3-6-24/h4-5,8-10,14,29H,3,6-7,11-13,24H2,1-2H3,(H2,25,26,27). The second-order valence-corrected chi connectivity index (χ2v) is 8.34. The van der Waals surface area contributed by atoms with E-state index in [9.17, 15) is 9.90 Å². The summed E-state index contributed by atoms with van der Waals surface area (Å²) in [6.45, 7) is 7.13. The number of benzene rings is 2. The molecule has 5 N–H and O–H groups in total. The summed E-state index contributed by atoms with van der Waals surface area (Å²) < 4.78 is 5.72. The van der Waals surface area contributed by atoms with Crippen LogP contribution in [0, 0.1) is 5.92 Å². The van der Waals surface area contributed by atoms with E-state index in [2.05, 4.69) is 29.4 Å². The summed E-state index contributed by atoms with van der Waals surface area (Å²) in [4.78, 5) is 15.0. The first kappa shape index (κ1) is 21.0. The summed E-state index contributed by atoms with van der Waals surface area (Å²) in [6.07, 6.45) is 0.797. The predicted molar refractivity (Wildman–Crippen MR) is 120 cm³/mol. The number of fused-ring (bicyclic) bond motifs is 2. The lowest BCUT2D eigenvalue weighted by molar-refractivity contribution is 0.0748. The van der Waals surface area contributed by atoms with Gasteiger partial charge in [0.25, 0.3) is 5.91 Å². The second kappa shape index (κ2) is 8.85. The maximum atomic E-state index is 13.2. The van der Waals surface area contributed by atoms with Crippen molar-refractivity contribution in [2.45, 2.75) is 33.4 Å². The van der Waals surface area contributed by atoms with Crippen molar-refractivity contribution in [3.05, 3.63) is 47.0 Å². The largest absolute Gasteiger partial charge is 0.507 e. The van der Waals surface area contributed by atoms with Crippen molar-refractivity contribution >= 4 is 22.6 Å². The highest BCUT2D eigenvalue weighted by Crippen LogP contribution is 2.32. The van der Waals surface area contributed by atoms with E-state index >= 15 is 0 Å². The zero-order valence-electron chi connectivity index (χ0n) is 17.9. The topological polar surface area (TPSA) is 116 Å². The minimum Gasteiger partial charge on any atom is -0.507 e. The summed E-state index contributed by atoms with van der Waals surface area (Å²) in [6, 6.07) is 9.16. The van der Waals surface area contributed by atoms with Gasteiger partial charge in [-0.3, -0.25) is 9.89 Å². The maximum absolute atomic E-state index is 13.2. The van der Waals surface area contributed by atoms with E-state index < -0.39 is 0 Å². The number of aromatic amines is 1. The number of carbonyl (C=O) groups excluding carboxylic acids is 1. The van der Waals surface area contributed by atoms with Crippen LogP contribution < -0.4 is 15.8 Å². The van der Waals surface area contributed by atoms with Crippen LogP contribution in [0.2, 0.25) is 0 Å². The van der Waals surface area contributed by atoms with Crippen LogP contribution in [-0.2, 0) is 13.1 Å². The molecule has 1 aliphatic heterocycles. The Labute approximate surface area is 181 Å². The van der Waals surface area contributed by atoms with E-state index in [1.165, 1.54) is 0 Å². The SMILES string of the molecule is CC(C)CNc1n[nH]c2cc(O)c(C(=O)N3Cc4ccc(OCCCN)cc4C3)cc12. The van der Waals surface area contributed by atoms with Gasteiger partial charge in [0.1, 0.15) is 11.5 Å². The fourth-order valence-corrected chi connectivity index (χ4v) is 3.71. The van der Waals surface area contributed by atoms with Gasteiger partial charge in [-0.25, -0.2) is 0 Å². The number of ether oxygens (including phenoxy) is 1. The van der Waals surface area contributed by atoms with Gasteiger partial charge in [0.05, 0.1) is 17.7 Å². The summed E-state index contributed by atoms with van der Waals surface area (Å²) in [5.74, 6) is 1.65. The number of nitrogens with two attached hydrogens (primary N) is 1. The van der Waals surface area contributed by atoms with Gasteiger partial charge in [-0.15, -0.1) is 0 Å². The molecule has 0 unspecified atom stereocenters. The zero-order valence-corrected chi connectivity index (χ0v) is 17.9. The van der Waals surface area contributed by atoms with Gasteiger partial charge >= 0.3 is 0 Å².